The summed E-state index contributed by atoms with van der Waals surface area (Å²) in [5.74, 6) is 0.279. The van der Waals surface area contributed by atoms with Crippen molar-refractivity contribution in [2.24, 2.45) is 0 Å². The van der Waals surface area contributed by atoms with Crippen LogP contribution in [0.1, 0.15) is 44.9 Å². The number of nitrogens with zero attached hydrogens (tertiary/aromatic N) is 1. The van der Waals surface area contributed by atoms with Gasteiger partial charge in [-0.05, 0) is 62.4 Å². The van der Waals surface area contributed by atoms with Gasteiger partial charge in [-0.15, -0.1) is 11.3 Å². The molecule has 1 amide bonds. The van der Waals surface area contributed by atoms with Crippen molar-refractivity contribution in [3.05, 3.63) is 66.6 Å². The van der Waals surface area contributed by atoms with Crippen molar-refractivity contribution in [3.63, 3.8) is 0 Å². The second-order valence-electron chi connectivity index (χ2n) is 7.25. The minimum Gasteiger partial charge on any atom is -0.497 e. The largest absolute Gasteiger partial charge is 0.497 e. The molecule has 3 aromatic rings. The highest BCUT2D eigenvalue weighted by molar-refractivity contribution is 7.17. The second-order valence-corrected chi connectivity index (χ2v) is 9.18. The summed E-state index contributed by atoms with van der Waals surface area (Å²) in [5, 5.41) is 5.22. The van der Waals surface area contributed by atoms with Crippen LogP contribution in [0.5, 0.6) is 5.75 Å². The number of benzene rings is 1. The number of ether oxygens (including phenoxy) is 1. The highest BCUT2D eigenvalue weighted by atomic mass is 32.1. The summed E-state index contributed by atoms with van der Waals surface area (Å²) in [4.78, 5) is 39.0. The SMILES string of the molecule is COc1ccc(C(=O)c2c(NC(=O)Cn3c(C)csc3=O)sc3c2CCCC3)cc1. The van der Waals surface area contributed by atoms with Crippen LogP contribution in [0.3, 0.4) is 0 Å². The third-order valence-corrected chi connectivity index (χ3v) is 7.37. The van der Waals surface area contributed by atoms with Gasteiger partial charge < -0.3 is 10.1 Å². The lowest BCUT2D eigenvalue weighted by Crippen LogP contribution is -2.25. The van der Waals surface area contributed by atoms with Crippen LogP contribution in [0.4, 0.5) is 5.00 Å². The lowest BCUT2D eigenvalue weighted by Gasteiger charge is -2.13. The number of carbonyl (C=O) groups is 2. The molecule has 4 rings (SSSR count). The van der Waals surface area contributed by atoms with Crippen LogP contribution >= 0.6 is 22.7 Å². The molecule has 2 heterocycles. The first kappa shape index (κ1) is 20.6. The highest BCUT2D eigenvalue weighted by Gasteiger charge is 2.27. The van der Waals surface area contributed by atoms with Crippen LogP contribution in [0.15, 0.2) is 34.4 Å². The Morgan fingerprint density at radius 3 is 2.57 bits per heavy atom. The Kier molecular flexibility index (Phi) is 5.87. The quantitative estimate of drug-likeness (QED) is 0.585. The van der Waals surface area contributed by atoms with Gasteiger partial charge in [0.05, 0.1) is 12.7 Å². The van der Waals surface area contributed by atoms with Crippen molar-refractivity contribution < 1.29 is 14.3 Å². The van der Waals surface area contributed by atoms with Gasteiger partial charge in [0.25, 0.3) is 0 Å². The van der Waals surface area contributed by atoms with E-state index in [9.17, 15) is 14.4 Å². The van der Waals surface area contributed by atoms with Crippen LogP contribution in [0, 0.1) is 6.92 Å². The van der Waals surface area contributed by atoms with E-state index < -0.39 is 0 Å². The van der Waals surface area contributed by atoms with Gasteiger partial charge in [0, 0.05) is 21.5 Å². The normalized spacial score (nSPS) is 13.0. The molecule has 0 aliphatic heterocycles. The molecular formula is C22H22N2O4S2. The molecule has 0 atom stereocenters. The number of thiophene rings is 1. The fourth-order valence-corrected chi connectivity index (χ4v) is 5.72. The molecule has 6 nitrogen and oxygen atoms in total. The maximum absolute atomic E-state index is 13.4. The molecule has 0 bridgehead atoms. The third-order valence-electron chi connectivity index (χ3n) is 5.28. The van der Waals surface area contributed by atoms with E-state index in [1.54, 1.807) is 43.7 Å². The molecule has 0 spiro atoms. The number of fused-ring (bicyclic) bond motifs is 1. The molecule has 1 aliphatic rings. The minimum atomic E-state index is -0.305. The smallest absolute Gasteiger partial charge is 0.307 e. The van der Waals surface area contributed by atoms with E-state index >= 15 is 0 Å². The second kappa shape index (κ2) is 8.57. The number of aromatic nitrogens is 1. The number of hydrogen-bond donors (Lipinski definition) is 1. The van der Waals surface area contributed by atoms with Crippen molar-refractivity contribution in [3.8, 4) is 5.75 Å². The Balaban J connectivity index is 1.66. The molecule has 156 valence electrons. The number of amides is 1. The van der Waals surface area contributed by atoms with Gasteiger partial charge in [-0.25, -0.2) is 0 Å². The first-order valence-electron chi connectivity index (χ1n) is 9.76. The molecule has 8 heteroatoms. The Morgan fingerprint density at radius 2 is 1.90 bits per heavy atom. The summed E-state index contributed by atoms with van der Waals surface area (Å²) in [7, 11) is 1.58. The number of nitrogens with one attached hydrogen (secondary N) is 1. The molecule has 0 radical (unpaired) electrons. The molecule has 0 saturated heterocycles. The van der Waals surface area contributed by atoms with Crippen LogP contribution in [-0.4, -0.2) is 23.4 Å². The maximum atomic E-state index is 13.4. The van der Waals surface area contributed by atoms with Gasteiger partial charge in [0.15, 0.2) is 5.78 Å². The zero-order chi connectivity index (χ0) is 21.3. The molecule has 1 aromatic carbocycles. The van der Waals surface area contributed by atoms with Crippen molar-refractivity contribution >= 4 is 39.4 Å². The third kappa shape index (κ3) is 3.97. The number of ketones is 1. The van der Waals surface area contributed by atoms with Crippen molar-refractivity contribution in [1.29, 1.82) is 0 Å². The molecule has 0 unspecified atom stereocenters. The molecule has 0 fully saturated rings. The molecule has 30 heavy (non-hydrogen) atoms. The minimum absolute atomic E-state index is 0.0626. The summed E-state index contributed by atoms with van der Waals surface area (Å²) >= 11 is 2.56. The van der Waals surface area contributed by atoms with E-state index in [4.69, 9.17) is 4.74 Å². The van der Waals surface area contributed by atoms with Crippen LogP contribution < -0.4 is 14.9 Å². The number of hydrogen-bond acceptors (Lipinski definition) is 6. The van der Waals surface area contributed by atoms with E-state index in [2.05, 4.69) is 5.32 Å². The molecular weight excluding hydrogens is 420 g/mol. The van der Waals surface area contributed by atoms with E-state index in [1.165, 1.54) is 15.9 Å². The van der Waals surface area contributed by atoms with Gasteiger partial charge in [-0.3, -0.25) is 19.0 Å². The molecule has 0 saturated carbocycles. The van der Waals surface area contributed by atoms with Crippen molar-refractivity contribution in [1.82, 2.24) is 4.57 Å². The average Bonchev–Trinajstić information content (AvgIpc) is 3.27. The van der Waals surface area contributed by atoms with Gasteiger partial charge >= 0.3 is 4.87 Å². The van der Waals surface area contributed by atoms with E-state index in [1.807, 2.05) is 0 Å². The van der Waals surface area contributed by atoms with Gasteiger partial charge in [-0.1, -0.05) is 11.3 Å². The first-order chi connectivity index (χ1) is 14.5. The summed E-state index contributed by atoms with van der Waals surface area (Å²) in [6.45, 7) is 1.74. The topological polar surface area (TPSA) is 77.4 Å². The summed E-state index contributed by atoms with van der Waals surface area (Å²) in [6.07, 6.45) is 3.87. The number of thiazole rings is 1. The zero-order valence-corrected chi connectivity index (χ0v) is 18.5. The van der Waals surface area contributed by atoms with E-state index in [-0.39, 0.29) is 23.1 Å². The Bertz CT molecular complexity index is 1160. The Labute approximate surface area is 182 Å². The fourth-order valence-electron chi connectivity index (χ4n) is 3.69. The molecule has 1 aliphatic carbocycles. The number of carbonyl (C=O) groups excluding carboxylic acids is 2. The van der Waals surface area contributed by atoms with E-state index in [0.717, 1.165) is 53.2 Å². The first-order valence-corrected chi connectivity index (χ1v) is 11.5. The van der Waals surface area contributed by atoms with Gasteiger partial charge in [0.1, 0.15) is 17.3 Å². The van der Waals surface area contributed by atoms with Gasteiger partial charge in [0.2, 0.25) is 5.91 Å². The predicted molar refractivity (Wildman–Crippen MR) is 119 cm³/mol. The predicted octanol–water partition coefficient (Wildman–Crippen LogP) is 4.04. The van der Waals surface area contributed by atoms with Crippen molar-refractivity contribution in [2.75, 3.05) is 12.4 Å². The molecule has 1 N–H and O–H groups in total. The standard InChI is InChI=1S/C22H22N2O4S2/c1-13-12-29-22(27)24(13)11-18(25)23-21-19(16-5-3-4-6-17(16)30-21)20(26)14-7-9-15(28-2)10-8-14/h7-10,12H,3-6,11H2,1-2H3,(H,23,25). The Morgan fingerprint density at radius 1 is 1.17 bits per heavy atom. The maximum Gasteiger partial charge on any atom is 0.307 e. The summed E-state index contributed by atoms with van der Waals surface area (Å²) < 4.78 is 6.63. The lowest BCUT2D eigenvalue weighted by molar-refractivity contribution is -0.116. The number of aryl methyl sites for hydroxylation is 2. The zero-order valence-electron chi connectivity index (χ0n) is 16.8. The number of rotatable bonds is 6. The highest BCUT2D eigenvalue weighted by Crippen LogP contribution is 2.39. The fraction of sp³-hybridized carbons (Fsp3) is 0.318. The van der Waals surface area contributed by atoms with Crippen LogP contribution in [-0.2, 0) is 24.2 Å². The van der Waals surface area contributed by atoms with E-state index in [0.29, 0.717) is 21.9 Å². The monoisotopic (exact) mass is 442 g/mol. The summed E-state index contributed by atoms with van der Waals surface area (Å²) in [5.41, 5.74) is 2.94. The van der Waals surface area contributed by atoms with Gasteiger partial charge in [-0.2, -0.15) is 0 Å². The average molecular weight is 443 g/mol. The lowest BCUT2D eigenvalue weighted by atomic mass is 9.92. The van der Waals surface area contributed by atoms with Crippen LogP contribution in [0.2, 0.25) is 0 Å². The number of anilines is 1. The Hall–Kier alpha value is -2.71. The van der Waals surface area contributed by atoms with Crippen molar-refractivity contribution in [2.45, 2.75) is 39.2 Å². The summed E-state index contributed by atoms with van der Waals surface area (Å²) in [6, 6.07) is 7.01. The number of methoxy groups -OCH3 is 1. The molecule has 2 aromatic heterocycles. The van der Waals surface area contributed by atoms with Crippen LogP contribution in [0.25, 0.3) is 0 Å².